The molecule has 0 aliphatic carbocycles. The smallest absolute Gasteiger partial charge is 0.342 e. The zero-order valence-corrected chi connectivity index (χ0v) is 16.5. The van der Waals surface area contributed by atoms with E-state index in [1.807, 2.05) is 0 Å². The van der Waals surface area contributed by atoms with Crippen molar-refractivity contribution in [3.8, 4) is 5.75 Å². The third kappa shape index (κ3) is 5.56. The number of benzene rings is 3. The molecule has 0 unspecified atom stereocenters. The van der Waals surface area contributed by atoms with Gasteiger partial charge in [0, 0.05) is 21.2 Å². The van der Waals surface area contributed by atoms with Crippen LogP contribution in [-0.2, 0) is 11.3 Å². The van der Waals surface area contributed by atoms with E-state index >= 15 is 0 Å². The lowest BCUT2D eigenvalue weighted by Gasteiger charge is -2.12. The number of halogens is 3. The highest BCUT2D eigenvalue weighted by Gasteiger charge is 2.16. The molecule has 3 aromatic rings. The van der Waals surface area contributed by atoms with Gasteiger partial charge in [0.2, 0.25) is 0 Å². The van der Waals surface area contributed by atoms with Gasteiger partial charge in [-0.05, 0) is 48.5 Å². The van der Waals surface area contributed by atoms with Crippen LogP contribution in [0.25, 0.3) is 0 Å². The topological polar surface area (TPSA) is 52.6 Å². The summed E-state index contributed by atoms with van der Waals surface area (Å²) in [7, 11) is 0. The van der Waals surface area contributed by atoms with Gasteiger partial charge in [-0.3, -0.25) is 4.79 Å². The summed E-state index contributed by atoms with van der Waals surface area (Å²) in [6.07, 6.45) is 0. The van der Waals surface area contributed by atoms with Crippen LogP contribution in [0.3, 0.4) is 0 Å². The fraction of sp³-hybridized carbons (Fsp3) is 0.0909. The quantitative estimate of drug-likeness (QED) is 0.352. The molecule has 0 fully saturated rings. The van der Waals surface area contributed by atoms with Crippen LogP contribution in [0.4, 0.5) is 4.39 Å². The number of esters is 1. The van der Waals surface area contributed by atoms with Crippen LogP contribution in [-0.4, -0.2) is 18.4 Å². The van der Waals surface area contributed by atoms with E-state index in [1.54, 1.807) is 36.4 Å². The molecule has 148 valence electrons. The summed E-state index contributed by atoms with van der Waals surface area (Å²) in [5.74, 6) is -1.31. The number of ketones is 1. The molecule has 0 aliphatic heterocycles. The van der Waals surface area contributed by atoms with Gasteiger partial charge in [0.25, 0.3) is 0 Å². The van der Waals surface area contributed by atoms with Gasteiger partial charge >= 0.3 is 5.97 Å². The molecule has 0 aliphatic rings. The Morgan fingerprint density at radius 2 is 1.66 bits per heavy atom. The first-order chi connectivity index (χ1) is 13.9. The summed E-state index contributed by atoms with van der Waals surface area (Å²) in [4.78, 5) is 24.5. The van der Waals surface area contributed by atoms with Gasteiger partial charge in [0.15, 0.2) is 12.4 Å². The molecule has 3 aromatic carbocycles. The molecular formula is C22H15Cl2FO4. The second-order valence-corrected chi connectivity index (χ2v) is 6.87. The van der Waals surface area contributed by atoms with E-state index in [0.29, 0.717) is 15.6 Å². The summed E-state index contributed by atoms with van der Waals surface area (Å²) in [5, 5.41) is 0.955. The van der Waals surface area contributed by atoms with Crippen molar-refractivity contribution in [2.45, 2.75) is 6.61 Å². The highest BCUT2D eigenvalue weighted by Crippen LogP contribution is 2.25. The number of hydrogen-bond donors (Lipinski definition) is 0. The molecular weight excluding hydrogens is 418 g/mol. The van der Waals surface area contributed by atoms with Crippen molar-refractivity contribution in [2.24, 2.45) is 0 Å². The maximum atomic E-state index is 12.9. The van der Waals surface area contributed by atoms with Crippen LogP contribution in [0.1, 0.15) is 26.3 Å². The van der Waals surface area contributed by atoms with E-state index in [9.17, 15) is 14.0 Å². The molecule has 0 N–H and O–H groups in total. The van der Waals surface area contributed by atoms with Gasteiger partial charge in [-0.1, -0.05) is 41.4 Å². The minimum atomic E-state index is -0.710. The molecule has 29 heavy (non-hydrogen) atoms. The maximum absolute atomic E-state index is 12.9. The summed E-state index contributed by atoms with van der Waals surface area (Å²) in [5.41, 5.74) is 1.12. The van der Waals surface area contributed by atoms with Crippen LogP contribution in [0, 0.1) is 5.82 Å². The largest absolute Gasteiger partial charge is 0.488 e. The molecule has 0 bridgehead atoms. The minimum Gasteiger partial charge on any atom is -0.488 e. The first-order valence-corrected chi connectivity index (χ1v) is 9.31. The standard InChI is InChI=1S/C22H15Cl2FO4/c23-16-8-5-15(19(24)11-16)12-28-21-4-2-1-3-18(21)22(27)29-13-20(26)14-6-9-17(25)10-7-14/h1-11H,12-13H2. The van der Waals surface area contributed by atoms with E-state index in [4.69, 9.17) is 32.7 Å². The Balaban J connectivity index is 1.65. The fourth-order valence-electron chi connectivity index (χ4n) is 2.48. The SMILES string of the molecule is O=C(COC(=O)c1ccccc1OCc1ccc(Cl)cc1Cl)c1ccc(F)cc1. The Hall–Kier alpha value is -2.89. The van der Waals surface area contributed by atoms with Crippen molar-refractivity contribution in [2.75, 3.05) is 6.61 Å². The molecule has 0 saturated heterocycles. The Labute approximate surface area is 176 Å². The second kappa shape index (κ2) is 9.54. The number of ether oxygens (including phenoxy) is 2. The highest BCUT2D eigenvalue weighted by molar-refractivity contribution is 6.35. The Morgan fingerprint density at radius 1 is 0.931 bits per heavy atom. The summed E-state index contributed by atoms with van der Waals surface area (Å²) < 4.78 is 23.8. The first-order valence-electron chi connectivity index (χ1n) is 8.55. The monoisotopic (exact) mass is 432 g/mol. The minimum absolute atomic E-state index is 0.120. The summed E-state index contributed by atoms with van der Waals surface area (Å²) >= 11 is 12.0. The predicted octanol–water partition coefficient (Wildman–Crippen LogP) is 5.75. The second-order valence-electron chi connectivity index (χ2n) is 6.03. The van der Waals surface area contributed by atoms with Gasteiger partial charge in [-0.2, -0.15) is 0 Å². The van der Waals surface area contributed by atoms with Gasteiger partial charge in [0.05, 0.1) is 0 Å². The van der Waals surface area contributed by atoms with Crippen LogP contribution in [0.5, 0.6) is 5.75 Å². The maximum Gasteiger partial charge on any atom is 0.342 e. The third-order valence-corrected chi connectivity index (χ3v) is 4.59. The molecule has 0 heterocycles. The summed E-state index contributed by atoms with van der Waals surface area (Å²) in [6.45, 7) is -0.351. The van der Waals surface area contributed by atoms with E-state index in [2.05, 4.69) is 0 Å². The molecule has 3 rings (SSSR count). The molecule has 0 radical (unpaired) electrons. The fourth-order valence-corrected chi connectivity index (χ4v) is 2.95. The van der Waals surface area contributed by atoms with E-state index in [-0.39, 0.29) is 23.5 Å². The number of rotatable bonds is 7. The normalized spacial score (nSPS) is 10.4. The lowest BCUT2D eigenvalue weighted by atomic mass is 10.1. The average molecular weight is 433 g/mol. The van der Waals surface area contributed by atoms with Crippen molar-refractivity contribution in [3.05, 3.63) is 99.3 Å². The van der Waals surface area contributed by atoms with Crippen LogP contribution >= 0.6 is 23.2 Å². The van der Waals surface area contributed by atoms with Crippen molar-refractivity contribution in [1.29, 1.82) is 0 Å². The Morgan fingerprint density at radius 3 is 2.38 bits per heavy atom. The van der Waals surface area contributed by atoms with Crippen LogP contribution < -0.4 is 4.74 Å². The highest BCUT2D eigenvalue weighted by atomic mass is 35.5. The predicted molar refractivity (Wildman–Crippen MR) is 108 cm³/mol. The van der Waals surface area contributed by atoms with Crippen molar-refractivity contribution < 1.29 is 23.5 Å². The van der Waals surface area contributed by atoms with E-state index in [1.165, 1.54) is 30.3 Å². The molecule has 0 amide bonds. The lowest BCUT2D eigenvalue weighted by molar-refractivity contribution is 0.0470. The molecule has 7 heteroatoms. The van der Waals surface area contributed by atoms with Crippen LogP contribution in [0.15, 0.2) is 66.7 Å². The number of Topliss-reactive ketones (excluding diaryl/α,β-unsaturated/α-hetero) is 1. The zero-order valence-electron chi connectivity index (χ0n) is 15.0. The Kier molecular flexibility index (Phi) is 6.86. The van der Waals surface area contributed by atoms with E-state index in [0.717, 1.165) is 0 Å². The van der Waals surface area contributed by atoms with Gasteiger partial charge in [0.1, 0.15) is 23.7 Å². The van der Waals surface area contributed by atoms with Gasteiger partial charge < -0.3 is 9.47 Å². The molecule has 4 nitrogen and oxygen atoms in total. The number of para-hydroxylation sites is 1. The molecule has 0 saturated carbocycles. The lowest BCUT2D eigenvalue weighted by Crippen LogP contribution is -2.15. The third-order valence-electron chi connectivity index (χ3n) is 4.01. The Bertz CT molecular complexity index is 1040. The zero-order chi connectivity index (χ0) is 20.8. The number of hydrogen-bond acceptors (Lipinski definition) is 4. The molecule has 0 spiro atoms. The molecule has 0 aromatic heterocycles. The summed E-state index contributed by atoms with van der Waals surface area (Å²) in [6, 6.07) is 16.5. The van der Waals surface area contributed by atoms with Crippen LogP contribution in [0.2, 0.25) is 10.0 Å². The van der Waals surface area contributed by atoms with Gasteiger partial charge in [-0.25, -0.2) is 9.18 Å². The van der Waals surface area contributed by atoms with Gasteiger partial charge in [-0.15, -0.1) is 0 Å². The van der Waals surface area contributed by atoms with Crippen molar-refractivity contribution in [3.63, 3.8) is 0 Å². The number of carbonyl (C=O) groups excluding carboxylic acids is 2. The molecule has 0 atom stereocenters. The first kappa shape index (κ1) is 20.8. The van der Waals surface area contributed by atoms with E-state index < -0.39 is 24.2 Å². The van der Waals surface area contributed by atoms with Crippen molar-refractivity contribution in [1.82, 2.24) is 0 Å². The van der Waals surface area contributed by atoms with Crippen molar-refractivity contribution >= 4 is 35.0 Å². The number of carbonyl (C=O) groups is 2. The average Bonchev–Trinajstić information content (AvgIpc) is 2.72.